The van der Waals surface area contributed by atoms with Crippen LogP contribution in [-0.4, -0.2) is 119 Å². The Kier molecular flexibility index (Phi) is 19.4. The quantitative estimate of drug-likeness (QED) is 0.0366. The Hall–Kier alpha value is -4.97. The Morgan fingerprint density at radius 3 is 1.87 bits per heavy atom. The van der Waals surface area contributed by atoms with E-state index in [2.05, 4.69) is 31.6 Å². The van der Waals surface area contributed by atoms with Gasteiger partial charge in [-0.1, -0.05) is 39.8 Å². The predicted molar refractivity (Wildman–Crippen MR) is 207 cm³/mol. The average molecular weight is 775 g/mol. The number of benzene rings is 1. The molecule has 0 unspecified atom stereocenters. The number of likely N-dealkylation sites (tertiary alicyclic amines) is 1. The molecule has 6 atom stereocenters. The molecule has 1 aromatic rings. The summed E-state index contributed by atoms with van der Waals surface area (Å²) in [4.78, 5) is 86.5. The second-order valence-corrected chi connectivity index (χ2v) is 14.7. The number of aliphatic hydroxyl groups is 1. The monoisotopic (exact) mass is 774 g/mol. The SMILES string of the molecule is CCNC(=O)[C@@H]1CCCN1C(=O)[C@H](CCCN=C(N)N)NC(=O)[C@H](CC(C)C)NC(=O)[C@@H](CC(C)C)NC(=O)[C@H](Cc1ccc(O)cc1)NC(=O)[C@@H](N)CO. The van der Waals surface area contributed by atoms with Crippen molar-refractivity contribution in [2.24, 2.45) is 34.0 Å². The molecule has 1 aliphatic rings. The number of aliphatic imine (C=N–C) groups is 1. The number of aliphatic hydroxyl groups excluding tert-OH is 1. The number of hydrogen-bond acceptors (Lipinski definition) is 10. The summed E-state index contributed by atoms with van der Waals surface area (Å²) in [6, 6.07) is -0.501. The molecule has 55 heavy (non-hydrogen) atoms. The third-order valence-corrected chi connectivity index (χ3v) is 8.97. The second-order valence-electron chi connectivity index (χ2n) is 14.7. The number of likely N-dealkylation sites (N-methyl/N-ethyl adjacent to an activating group) is 1. The predicted octanol–water partition coefficient (Wildman–Crippen LogP) is -1.53. The first-order valence-corrected chi connectivity index (χ1v) is 19.0. The van der Waals surface area contributed by atoms with Crippen LogP contribution in [0.15, 0.2) is 29.3 Å². The second kappa shape index (κ2) is 23.1. The molecule has 13 N–H and O–H groups in total. The van der Waals surface area contributed by atoms with E-state index in [4.69, 9.17) is 17.2 Å². The van der Waals surface area contributed by atoms with Crippen molar-refractivity contribution in [3.8, 4) is 5.75 Å². The molecule has 1 aliphatic heterocycles. The standard InChI is InChI=1S/C37H62N10O8/c1-6-41-35(54)30-10-8-16-47(30)36(55)26(9-7-15-42-37(39)40)43-32(51)27(17-21(2)3)45-33(52)28(18-22(4)5)46-34(53)29(44-31(50)25(38)20-48)19-23-11-13-24(49)14-12-23/h11-14,21-22,25-30,48-49H,6-10,15-20,38H2,1-5H3,(H,41,54)(H,43,51)(H,44,50)(H,45,52)(H,46,53)(H4,39,40,42)/t25-,26-,27-,28+,29-,30-/m0/s1. The van der Waals surface area contributed by atoms with Crippen molar-refractivity contribution in [2.45, 2.75) is 116 Å². The number of nitrogens with two attached hydrogens (primary N) is 3. The van der Waals surface area contributed by atoms with Crippen molar-refractivity contribution in [3.05, 3.63) is 29.8 Å². The lowest BCUT2D eigenvalue weighted by Gasteiger charge is -2.30. The van der Waals surface area contributed by atoms with Gasteiger partial charge in [-0.25, -0.2) is 0 Å². The summed E-state index contributed by atoms with van der Waals surface area (Å²) in [7, 11) is 0. The van der Waals surface area contributed by atoms with Gasteiger partial charge in [0, 0.05) is 26.1 Å². The zero-order chi connectivity index (χ0) is 41.2. The van der Waals surface area contributed by atoms with Crippen LogP contribution >= 0.6 is 0 Å². The van der Waals surface area contributed by atoms with E-state index in [0.29, 0.717) is 37.9 Å². The van der Waals surface area contributed by atoms with E-state index in [-0.39, 0.29) is 61.7 Å². The number of carbonyl (C=O) groups excluding carboxylic acids is 6. The van der Waals surface area contributed by atoms with Gasteiger partial charge in [0.25, 0.3) is 0 Å². The number of hydrogen-bond donors (Lipinski definition) is 10. The molecule has 308 valence electrons. The van der Waals surface area contributed by atoms with E-state index in [0.717, 1.165) is 0 Å². The molecule has 1 fully saturated rings. The van der Waals surface area contributed by atoms with Crippen molar-refractivity contribution < 1.29 is 39.0 Å². The number of rotatable bonds is 22. The number of guanidine groups is 1. The largest absolute Gasteiger partial charge is 0.508 e. The van der Waals surface area contributed by atoms with Gasteiger partial charge in [-0.15, -0.1) is 0 Å². The van der Waals surface area contributed by atoms with Gasteiger partial charge in [-0.2, -0.15) is 0 Å². The molecule has 1 heterocycles. The van der Waals surface area contributed by atoms with Gasteiger partial charge in [0.2, 0.25) is 35.4 Å². The van der Waals surface area contributed by atoms with Gasteiger partial charge < -0.3 is 58.9 Å². The van der Waals surface area contributed by atoms with E-state index < -0.39 is 72.4 Å². The summed E-state index contributed by atoms with van der Waals surface area (Å²) >= 11 is 0. The van der Waals surface area contributed by atoms with Crippen LogP contribution < -0.4 is 43.8 Å². The maximum Gasteiger partial charge on any atom is 0.245 e. The first-order valence-electron chi connectivity index (χ1n) is 19.0. The molecule has 0 spiro atoms. The van der Waals surface area contributed by atoms with Crippen molar-refractivity contribution >= 4 is 41.4 Å². The van der Waals surface area contributed by atoms with Crippen LogP contribution in [0, 0.1) is 11.8 Å². The topological polar surface area (TPSA) is 297 Å². The normalized spacial score (nSPS) is 16.7. The zero-order valence-electron chi connectivity index (χ0n) is 32.7. The number of nitrogens with one attached hydrogen (secondary N) is 5. The summed E-state index contributed by atoms with van der Waals surface area (Å²) in [5, 5.41) is 32.7. The van der Waals surface area contributed by atoms with Gasteiger partial charge in [0.05, 0.1) is 6.61 Å². The number of nitrogens with zero attached hydrogens (tertiary/aromatic N) is 2. The Morgan fingerprint density at radius 2 is 1.36 bits per heavy atom. The van der Waals surface area contributed by atoms with Crippen LogP contribution in [0.25, 0.3) is 0 Å². The van der Waals surface area contributed by atoms with Crippen molar-refractivity contribution in [2.75, 3.05) is 26.2 Å². The maximum atomic E-state index is 14.0. The summed E-state index contributed by atoms with van der Waals surface area (Å²) in [5.74, 6) is -3.77. The van der Waals surface area contributed by atoms with E-state index in [1.807, 2.05) is 27.7 Å². The van der Waals surface area contributed by atoms with Crippen LogP contribution in [0.1, 0.15) is 78.7 Å². The lowest BCUT2D eigenvalue weighted by molar-refractivity contribution is -0.142. The Bertz CT molecular complexity index is 1470. The third kappa shape index (κ3) is 15.7. The molecule has 2 rings (SSSR count). The Labute approximate surface area is 323 Å². The molecule has 1 saturated heterocycles. The molecular formula is C37H62N10O8. The number of amides is 6. The van der Waals surface area contributed by atoms with Crippen LogP contribution in [0.4, 0.5) is 0 Å². The fourth-order valence-electron chi connectivity index (χ4n) is 6.22. The summed E-state index contributed by atoms with van der Waals surface area (Å²) in [5.41, 5.74) is 17.2. The average Bonchev–Trinajstić information content (AvgIpc) is 3.62. The molecule has 6 amide bonds. The molecule has 0 aliphatic carbocycles. The van der Waals surface area contributed by atoms with Crippen molar-refractivity contribution in [1.82, 2.24) is 31.5 Å². The fourth-order valence-corrected chi connectivity index (χ4v) is 6.22. The van der Waals surface area contributed by atoms with Crippen LogP contribution in [0.5, 0.6) is 5.75 Å². The van der Waals surface area contributed by atoms with Crippen molar-refractivity contribution in [3.63, 3.8) is 0 Å². The zero-order valence-corrected chi connectivity index (χ0v) is 32.7. The molecule has 1 aromatic carbocycles. The number of aromatic hydroxyl groups is 1. The highest BCUT2D eigenvalue weighted by Gasteiger charge is 2.38. The van der Waals surface area contributed by atoms with E-state index in [1.54, 1.807) is 19.1 Å². The summed E-state index contributed by atoms with van der Waals surface area (Å²) < 4.78 is 0. The summed E-state index contributed by atoms with van der Waals surface area (Å²) in [6.45, 7) is 9.50. The van der Waals surface area contributed by atoms with Gasteiger partial charge >= 0.3 is 0 Å². The molecule has 18 heteroatoms. The Morgan fingerprint density at radius 1 is 0.836 bits per heavy atom. The minimum atomic E-state index is -1.30. The molecule has 0 aromatic heterocycles. The third-order valence-electron chi connectivity index (χ3n) is 8.97. The molecule has 18 nitrogen and oxygen atoms in total. The maximum absolute atomic E-state index is 14.0. The molecular weight excluding hydrogens is 712 g/mol. The smallest absolute Gasteiger partial charge is 0.245 e. The lowest BCUT2D eigenvalue weighted by atomic mass is 9.98. The van der Waals surface area contributed by atoms with Gasteiger partial charge in [-0.05, 0) is 75.0 Å². The minimum Gasteiger partial charge on any atom is -0.508 e. The van der Waals surface area contributed by atoms with Gasteiger partial charge in [-0.3, -0.25) is 33.8 Å². The van der Waals surface area contributed by atoms with E-state index in [9.17, 15) is 39.0 Å². The number of phenols is 1. The highest BCUT2D eigenvalue weighted by Crippen LogP contribution is 2.20. The molecule has 0 saturated carbocycles. The molecule has 0 radical (unpaired) electrons. The van der Waals surface area contributed by atoms with E-state index >= 15 is 0 Å². The lowest BCUT2D eigenvalue weighted by Crippen LogP contribution is -2.60. The Balaban J connectivity index is 2.35. The highest BCUT2D eigenvalue weighted by molar-refractivity contribution is 5.97. The van der Waals surface area contributed by atoms with Crippen LogP contribution in [0.3, 0.4) is 0 Å². The highest BCUT2D eigenvalue weighted by atomic mass is 16.3. The first kappa shape index (κ1) is 46.2. The first-order chi connectivity index (χ1) is 26.0. The van der Waals surface area contributed by atoms with Crippen LogP contribution in [-0.2, 0) is 35.2 Å². The van der Waals surface area contributed by atoms with E-state index in [1.165, 1.54) is 17.0 Å². The molecule has 0 bridgehead atoms. The van der Waals surface area contributed by atoms with Crippen molar-refractivity contribution in [1.29, 1.82) is 0 Å². The fraction of sp³-hybridized carbons (Fsp3) is 0.649. The summed E-state index contributed by atoms with van der Waals surface area (Å²) in [6.07, 6.45) is 1.93. The van der Waals surface area contributed by atoms with Gasteiger partial charge in [0.15, 0.2) is 5.96 Å². The van der Waals surface area contributed by atoms with Gasteiger partial charge in [0.1, 0.15) is 42.0 Å². The number of phenolic OH excluding ortho intramolecular Hbond substituents is 1. The number of carbonyl (C=O) groups is 6. The minimum absolute atomic E-state index is 0.00555. The van der Waals surface area contributed by atoms with Crippen LogP contribution in [0.2, 0.25) is 0 Å².